The van der Waals surface area contributed by atoms with E-state index in [4.69, 9.17) is 4.42 Å². The van der Waals surface area contributed by atoms with Crippen molar-refractivity contribution in [2.24, 2.45) is 7.05 Å². The summed E-state index contributed by atoms with van der Waals surface area (Å²) < 4.78 is 6.23. The first-order valence-electron chi connectivity index (χ1n) is 8.34. The van der Waals surface area contributed by atoms with E-state index < -0.39 is 5.76 Å². The topological polar surface area (TPSA) is 80.4 Å². The summed E-state index contributed by atoms with van der Waals surface area (Å²) in [6.45, 7) is 0. The van der Waals surface area contributed by atoms with Crippen molar-refractivity contribution in [2.75, 3.05) is 19.0 Å². The van der Waals surface area contributed by atoms with Gasteiger partial charge in [-0.3, -0.25) is 4.79 Å². The molecule has 0 spiro atoms. The lowest BCUT2D eigenvalue weighted by Gasteiger charge is -2.12. The van der Waals surface area contributed by atoms with Crippen LogP contribution in [0.5, 0.6) is 0 Å². The SMILES string of the molecule is CN(C)c1ccc(/C=C(/NC(=O)c2ccccc2)c2nn(C)c(=O)o2)cc1. The van der Waals surface area contributed by atoms with Gasteiger partial charge < -0.3 is 14.6 Å². The maximum atomic E-state index is 12.5. The quantitative estimate of drug-likeness (QED) is 0.752. The summed E-state index contributed by atoms with van der Waals surface area (Å²) in [6, 6.07) is 16.5. The first-order valence-corrected chi connectivity index (χ1v) is 8.34. The van der Waals surface area contributed by atoms with E-state index in [1.54, 1.807) is 30.3 Å². The van der Waals surface area contributed by atoms with Gasteiger partial charge in [0.15, 0.2) is 0 Å². The molecule has 1 heterocycles. The molecule has 0 aliphatic carbocycles. The number of nitrogens with zero attached hydrogens (tertiary/aromatic N) is 3. The average Bonchev–Trinajstić information content (AvgIpc) is 3.01. The van der Waals surface area contributed by atoms with Crippen LogP contribution in [0.1, 0.15) is 21.8 Å². The van der Waals surface area contributed by atoms with Crippen LogP contribution in [0.4, 0.5) is 5.69 Å². The molecule has 138 valence electrons. The molecule has 0 fully saturated rings. The lowest BCUT2D eigenvalue weighted by atomic mass is 10.1. The number of aromatic nitrogens is 2. The van der Waals surface area contributed by atoms with Crippen molar-refractivity contribution >= 4 is 23.4 Å². The average molecular weight is 364 g/mol. The van der Waals surface area contributed by atoms with Crippen molar-refractivity contribution < 1.29 is 9.21 Å². The number of amides is 1. The molecular weight excluding hydrogens is 344 g/mol. The number of aryl methyl sites for hydroxylation is 1. The molecule has 27 heavy (non-hydrogen) atoms. The number of nitrogens with one attached hydrogen (secondary N) is 1. The van der Waals surface area contributed by atoms with E-state index in [0.29, 0.717) is 11.3 Å². The molecule has 0 aliphatic rings. The van der Waals surface area contributed by atoms with Gasteiger partial charge in [0, 0.05) is 32.4 Å². The van der Waals surface area contributed by atoms with Gasteiger partial charge >= 0.3 is 5.76 Å². The third kappa shape index (κ3) is 4.33. The minimum atomic E-state index is -0.604. The first kappa shape index (κ1) is 18.2. The smallest absolute Gasteiger partial charge is 0.386 e. The van der Waals surface area contributed by atoms with Crippen LogP contribution in [0, 0.1) is 0 Å². The second-order valence-electron chi connectivity index (χ2n) is 6.16. The number of carbonyl (C=O) groups excluding carboxylic acids is 1. The summed E-state index contributed by atoms with van der Waals surface area (Å²) >= 11 is 0. The van der Waals surface area contributed by atoms with Gasteiger partial charge in [-0.05, 0) is 35.9 Å². The van der Waals surface area contributed by atoms with Gasteiger partial charge in [-0.25, -0.2) is 4.79 Å². The van der Waals surface area contributed by atoms with Crippen LogP contribution in [0.15, 0.2) is 63.8 Å². The maximum absolute atomic E-state index is 12.5. The Morgan fingerprint density at radius 1 is 1.11 bits per heavy atom. The Kier molecular flexibility index (Phi) is 5.21. The number of hydrogen-bond donors (Lipinski definition) is 1. The Balaban J connectivity index is 1.96. The van der Waals surface area contributed by atoms with Gasteiger partial charge in [-0.1, -0.05) is 30.3 Å². The summed E-state index contributed by atoms with van der Waals surface area (Å²) in [6.07, 6.45) is 1.71. The fourth-order valence-electron chi connectivity index (χ4n) is 2.43. The van der Waals surface area contributed by atoms with Crippen molar-refractivity contribution in [3.8, 4) is 0 Å². The highest BCUT2D eigenvalue weighted by Gasteiger charge is 2.15. The van der Waals surface area contributed by atoms with Crippen LogP contribution in [0.3, 0.4) is 0 Å². The Hall–Kier alpha value is -3.61. The second-order valence-corrected chi connectivity index (χ2v) is 6.16. The van der Waals surface area contributed by atoms with Crippen LogP contribution in [-0.2, 0) is 7.05 Å². The standard InChI is InChI=1S/C20H20N4O3/c1-23(2)16-11-9-14(10-12-16)13-17(19-22-24(3)20(26)27-19)21-18(25)15-7-5-4-6-8-15/h4-13H,1-3H3,(H,21,25)/b17-13+. The Morgan fingerprint density at radius 3 is 2.33 bits per heavy atom. The summed E-state index contributed by atoms with van der Waals surface area (Å²) in [5.74, 6) is -0.878. The molecule has 3 rings (SSSR count). The highest BCUT2D eigenvalue weighted by atomic mass is 16.4. The van der Waals surface area contributed by atoms with E-state index in [1.807, 2.05) is 49.3 Å². The second kappa shape index (κ2) is 7.74. The number of rotatable bonds is 5. The molecule has 0 aliphatic heterocycles. The van der Waals surface area contributed by atoms with Crippen molar-refractivity contribution in [3.63, 3.8) is 0 Å². The fourth-order valence-corrected chi connectivity index (χ4v) is 2.43. The molecule has 1 N–H and O–H groups in total. The third-order valence-corrected chi connectivity index (χ3v) is 3.92. The molecule has 2 aromatic carbocycles. The van der Waals surface area contributed by atoms with Gasteiger partial charge in [0.05, 0.1) is 0 Å². The number of anilines is 1. The molecule has 0 saturated heterocycles. The molecule has 0 bridgehead atoms. The summed E-state index contributed by atoms with van der Waals surface area (Å²) in [5, 5.41) is 6.82. The van der Waals surface area contributed by atoms with E-state index in [9.17, 15) is 9.59 Å². The zero-order valence-corrected chi connectivity index (χ0v) is 15.3. The zero-order chi connectivity index (χ0) is 19.4. The molecular formula is C20H20N4O3. The van der Waals surface area contributed by atoms with Gasteiger partial charge in [0.2, 0.25) is 0 Å². The van der Waals surface area contributed by atoms with E-state index in [0.717, 1.165) is 15.9 Å². The minimum absolute atomic E-state index is 0.0449. The van der Waals surface area contributed by atoms with Gasteiger partial charge in [-0.15, -0.1) is 5.10 Å². The monoisotopic (exact) mass is 364 g/mol. The molecule has 7 nitrogen and oxygen atoms in total. The number of hydrogen-bond acceptors (Lipinski definition) is 5. The van der Waals surface area contributed by atoms with E-state index in [1.165, 1.54) is 7.05 Å². The first-order chi connectivity index (χ1) is 12.9. The molecule has 1 amide bonds. The van der Waals surface area contributed by atoms with Crippen molar-refractivity contribution in [2.45, 2.75) is 0 Å². The summed E-state index contributed by atoms with van der Waals surface area (Å²) in [4.78, 5) is 26.2. The molecule has 0 radical (unpaired) electrons. The minimum Gasteiger partial charge on any atom is -0.386 e. The fraction of sp³-hybridized carbons (Fsp3) is 0.150. The van der Waals surface area contributed by atoms with Crippen LogP contribution < -0.4 is 16.0 Å². The third-order valence-electron chi connectivity index (χ3n) is 3.92. The zero-order valence-electron chi connectivity index (χ0n) is 15.3. The molecule has 3 aromatic rings. The largest absolute Gasteiger partial charge is 0.437 e. The molecule has 0 saturated carbocycles. The predicted molar refractivity (Wildman–Crippen MR) is 104 cm³/mol. The van der Waals surface area contributed by atoms with Gasteiger partial charge in [-0.2, -0.15) is 4.68 Å². The normalized spacial score (nSPS) is 11.3. The van der Waals surface area contributed by atoms with Crippen molar-refractivity contribution in [1.29, 1.82) is 0 Å². The molecule has 0 atom stereocenters. The van der Waals surface area contributed by atoms with Crippen LogP contribution >= 0.6 is 0 Å². The van der Waals surface area contributed by atoms with Crippen LogP contribution in [0.2, 0.25) is 0 Å². The maximum Gasteiger partial charge on any atom is 0.437 e. The van der Waals surface area contributed by atoms with Crippen molar-refractivity contribution in [1.82, 2.24) is 15.1 Å². The van der Waals surface area contributed by atoms with Gasteiger partial charge in [0.25, 0.3) is 11.8 Å². The van der Waals surface area contributed by atoms with E-state index in [-0.39, 0.29) is 11.8 Å². The predicted octanol–water partition coefficient (Wildman–Crippen LogP) is 2.37. The highest BCUT2D eigenvalue weighted by molar-refractivity contribution is 6.01. The Labute approximate surface area is 156 Å². The number of carbonyl (C=O) groups is 1. The van der Waals surface area contributed by atoms with Crippen LogP contribution in [-0.4, -0.2) is 29.8 Å². The Bertz CT molecular complexity index is 1020. The lowest BCUT2D eigenvalue weighted by Crippen LogP contribution is -2.22. The summed E-state index contributed by atoms with van der Waals surface area (Å²) in [5.41, 5.74) is 2.67. The van der Waals surface area contributed by atoms with E-state index >= 15 is 0 Å². The molecule has 7 heteroatoms. The number of benzene rings is 2. The highest BCUT2D eigenvalue weighted by Crippen LogP contribution is 2.17. The molecule has 0 unspecified atom stereocenters. The lowest BCUT2D eigenvalue weighted by molar-refractivity contribution is 0.0973. The van der Waals surface area contributed by atoms with Gasteiger partial charge in [0.1, 0.15) is 5.70 Å². The Morgan fingerprint density at radius 2 is 1.78 bits per heavy atom. The van der Waals surface area contributed by atoms with Crippen molar-refractivity contribution in [3.05, 3.63) is 82.2 Å². The van der Waals surface area contributed by atoms with Crippen LogP contribution in [0.25, 0.3) is 11.8 Å². The van der Waals surface area contributed by atoms with E-state index in [2.05, 4.69) is 10.4 Å². The summed E-state index contributed by atoms with van der Waals surface area (Å²) in [7, 11) is 5.40. The molecule has 1 aromatic heterocycles.